The minimum absolute atomic E-state index is 0.0191. The summed E-state index contributed by atoms with van der Waals surface area (Å²) in [4.78, 5) is 10.5. The van der Waals surface area contributed by atoms with Crippen LogP contribution in [0.15, 0.2) is 0 Å². The fourth-order valence-electron chi connectivity index (χ4n) is 2.48. The minimum Gasteiger partial charge on any atom is -0.481 e. The first-order valence-electron chi connectivity index (χ1n) is 5.00. The van der Waals surface area contributed by atoms with Gasteiger partial charge in [0.15, 0.2) is 0 Å². The van der Waals surface area contributed by atoms with Gasteiger partial charge >= 0.3 is 5.97 Å². The molecule has 2 rings (SSSR count). The summed E-state index contributed by atoms with van der Waals surface area (Å²) in [7, 11) is 0. The van der Waals surface area contributed by atoms with Crippen LogP contribution in [0.1, 0.15) is 38.5 Å². The average Bonchev–Trinajstić information content (AvgIpc) is 2.57. The van der Waals surface area contributed by atoms with E-state index in [1.807, 2.05) is 0 Å². The van der Waals surface area contributed by atoms with Gasteiger partial charge in [0.05, 0.1) is 5.92 Å². The summed E-state index contributed by atoms with van der Waals surface area (Å²) in [5.74, 6) is 0.841. The topological polar surface area (TPSA) is 37.3 Å². The van der Waals surface area contributed by atoms with E-state index >= 15 is 0 Å². The van der Waals surface area contributed by atoms with Crippen LogP contribution < -0.4 is 0 Å². The summed E-state index contributed by atoms with van der Waals surface area (Å²) in [6.07, 6.45) is 7.58. The van der Waals surface area contributed by atoms with Gasteiger partial charge in [0.25, 0.3) is 0 Å². The van der Waals surface area contributed by atoms with Crippen molar-refractivity contribution in [3.8, 4) is 0 Å². The largest absolute Gasteiger partial charge is 0.481 e. The molecule has 0 aromatic heterocycles. The lowest BCUT2D eigenvalue weighted by molar-refractivity contribution is -0.138. The van der Waals surface area contributed by atoms with Gasteiger partial charge in [-0.2, -0.15) is 0 Å². The third-order valence-electron chi connectivity index (χ3n) is 3.35. The lowest BCUT2D eigenvalue weighted by Gasteiger charge is -2.06. The molecule has 1 N–H and O–H groups in total. The molecule has 2 aliphatic carbocycles. The Hall–Kier alpha value is -0.530. The molecule has 0 unspecified atom stereocenters. The van der Waals surface area contributed by atoms with Gasteiger partial charge in [0.1, 0.15) is 0 Å². The van der Waals surface area contributed by atoms with E-state index in [4.69, 9.17) is 5.11 Å². The number of aliphatic carboxylic acids is 1. The van der Waals surface area contributed by atoms with Gasteiger partial charge in [0.2, 0.25) is 0 Å². The molecule has 0 spiro atoms. The van der Waals surface area contributed by atoms with E-state index in [0.717, 1.165) is 12.3 Å². The standard InChI is InChI=1S/C10H16O2/c11-10(12)9-6-8(9)5-7-3-1-2-4-7/h7-9H,1-6H2,(H,11,12)/t8-,9-/m1/s1. The van der Waals surface area contributed by atoms with E-state index in [9.17, 15) is 4.79 Å². The van der Waals surface area contributed by atoms with Crippen LogP contribution >= 0.6 is 0 Å². The van der Waals surface area contributed by atoms with E-state index < -0.39 is 5.97 Å². The SMILES string of the molecule is O=C(O)[C@@H]1C[C@H]1CC1CCCC1. The molecular formula is C10H16O2. The quantitative estimate of drug-likeness (QED) is 0.702. The maximum Gasteiger partial charge on any atom is 0.306 e. The van der Waals surface area contributed by atoms with E-state index in [2.05, 4.69) is 0 Å². The van der Waals surface area contributed by atoms with Crippen LogP contribution in [-0.4, -0.2) is 11.1 Å². The number of hydrogen-bond donors (Lipinski definition) is 1. The molecule has 68 valence electrons. The van der Waals surface area contributed by atoms with Crippen molar-refractivity contribution in [2.24, 2.45) is 17.8 Å². The second-order valence-corrected chi connectivity index (χ2v) is 4.33. The molecule has 0 saturated heterocycles. The fraction of sp³-hybridized carbons (Fsp3) is 0.900. The van der Waals surface area contributed by atoms with Crippen molar-refractivity contribution in [2.75, 3.05) is 0 Å². The van der Waals surface area contributed by atoms with Crippen LogP contribution in [-0.2, 0) is 4.79 Å². The van der Waals surface area contributed by atoms with Crippen LogP contribution in [0.3, 0.4) is 0 Å². The third kappa shape index (κ3) is 1.62. The molecule has 0 bridgehead atoms. The van der Waals surface area contributed by atoms with Crippen molar-refractivity contribution in [1.29, 1.82) is 0 Å². The lowest BCUT2D eigenvalue weighted by atomic mass is 10.00. The summed E-state index contributed by atoms with van der Waals surface area (Å²) in [6.45, 7) is 0. The molecule has 0 aromatic rings. The number of carboxylic acid groups (broad SMARTS) is 1. The van der Waals surface area contributed by atoms with E-state index in [0.29, 0.717) is 5.92 Å². The third-order valence-corrected chi connectivity index (χ3v) is 3.35. The highest BCUT2D eigenvalue weighted by Gasteiger charge is 2.43. The summed E-state index contributed by atoms with van der Waals surface area (Å²) in [5.41, 5.74) is 0. The summed E-state index contributed by atoms with van der Waals surface area (Å²) < 4.78 is 0. The second kappa shape index (κ2) is 3.08. The van der Waals surface area contributed by atoms with Crippen molar-refractivity contribution < 1.29 is 9.90 Å². The highest BCUT2D eigenvalue weighted by molar-refractivity contribution is 5.73. The molecule has 2 aliphatic rings. The van der Waals surface area contributed by atoms with Crippen molar-refractivity contribution in [3.63, 3.8) is 0 Å². The number of hydrogen-bond acceptors (Lipinski definition) is 1. The highest BCUT2D eigenvalue weighted by Crippen LogP contribution is 2.46. The summed E-state index contributed by atoms with van der Waals surface area (Å²) in [6, 6.07) is 0. The summed E-state index contributed by atoms with van der Waals surface area (Å²) >= 11 is 0. The predicted octanol–water partition coefficient (Wildman–Crippen LogP) is 2.29. The molecule has 2 nitrogen and oxygen atoms in total. The molecule has 12 heavy (non-hydrogen) atoms. The maximum absolute atomic E-state index is 10.5. The fourth-order valence-corrected chi connectivity index (χ4v) is 2.48. The smallest absolute Gasteiger partial charge is 0.306 e. The minimum atomic E-state index is -0.571. The molecule has 2 fully saturated rings. The average molecular weight is 168 g/mol. The molecule has 0 radical (unpaired) electrons. The van der Waals surface area contributed by atoms with Crippen LogP contribution in [0.4, 0.5) is 0 Å². The molecule has 0 amide bonds. The van der Waals surface area contributed by atoms with E-state index in [1.165, 1.54) is 32.1 Å². The van der Waals surface area contributed by atoms with Crippen LogP contribution in [0.2, 0.25) is 0 Å². The molecule has 2 atom stereocenters. The molecule has 2 saturated carbocycles. The van der Waals surface area contributed by atoms with Crippen molar-refractivity contribution in [3.05, 3.63) is 0 Å². The Labute approximate surface area is 73.0 Å². The Morgan fingerprint density at radius 1 is 1.33 bits per heavy atom. The Balaban J connectivity index is 1.72. The lowest BCUT2D eigenvalue weighted by Crippen LogP contribution is -2.02. The van der Waals surface area contributed by atoms with Crippen LogP contribution in [0.25, 0.3) is 0 Å². The molecule has 0 heterocycles. The van der Waals surface area contributed by atoms with Gasteiger partial charge in [-0.15, -0.1) is 0 Å². The normalized spacial score (nSPS) is 35.3. The Morgan fingerprint density at radius 3 is 2.50 bits per heavy atom. The van der Waals surface area contributed by atoms with Gasteiger partial charge in [-0.1, -0.05) is 25.7 Å². The molecular weight excluding hydrogens is 152 g/mol. The zero-order chi connectivity index (χ0) is 8.55. The first kappa shape index (κ1) is 8.09. The molecule has 0 aliphatic heterocycles. The molecule has 2 heteroatoms. The van der Waals surface area contributed by atoms with Crippen molar-refractivity contribution in [1.82, 2.24) is 0 Å². The van der Waals surface area contributed by atoms with E-state index in [-0.39, 0.29) is 5.92 Å². The second-order valence-electron chi connectivity index (χ2n) is 4.33. The van der Waals surface area contributed by atoms with Gasteiger partial charge in [0, 0.05) is 0 Å². The van der Waals surface area contributed by atoms with Crippen LogP contribution in [0, 0.1) is 17.8 Å². The van der Waals surface area contributed by atoms with Gasteiger partial charge in [-0.3, -0.25) is 4.79 Å². The van der Waals surface area contributed by atoms with Gasteiger partial charge < -0.3 is 5.11 Å². The molecule has 0 aromatic carbocycles. The highest BCUT2D eigenvalue weighted by atomic mass is 16.4. The maximum atomic E-state index is 10.5. The summed E-state index contributed by atoms with van der Waals surface area (Å²) in [5, 5.41) is 8.70. The zero-order valence-electron chi connectivity index (χ0n) is 7.33. The van der Waals surface area contributed by atoms with E-state index in [1.54, 1.807) is 0 Å². The monoisotopic (exact) mass is 168 g/mol. The van der Waals surface area contributed by atoms with Gasteiger partial charge in [-0.05, 0) is 24.7 Å². The predicted molar refractivity (Wildman–Crippen MR) is 45.8 cm³/mol. The Morgan fingerprint density at radius 2 is 2.00 bits per heavy atom. The first-order chi connectivity index (χ1) is 5.77. The van der Waals surface area contributed by atoms with Crippen LogP contribution in [0.5, 0.6) is 0 Å². The zero-order valence-corrected chi connectivity index (χ0v) is 7.33. The Bertz CT molecular complexity index is 182. The number of carbonyl (C=O) groups is 1. The first-order valence-corrected chi connectivity index (χ1v) is 5.00. The van der Waals surface area contributed by atoms with Crippen molar-refractivity contribution >= 4 is 5.97 Å². The van der Waals surface area contributed by atoms with Crippen molar-refractivity contribution in [2.45, 2.75) is 38.5 Å². The Kier molecular flexibility index (Phi) is 2.07. The van der Waals surface area contributed by atoms with Gasteiger partial charge in [-0.25, -0.2) is 0 Å². The number of rotatable bonds is 3. The number of carboxylic acids is 1.